The van der Waals surface area contributed by atoms with E-state index >= 15 is 0 Å². The highest BCUT2D eigenvalue weighted by molar-refractivity contribution is 8.13. The summed E-state index contributed by atoms with van der Waals surface area (Å²) in [7, 11) is 0. The van der Waals surface area contributed by atoms with Crippen LogP contribution in [0.25, 0.3) is 0 Å². The molecule has 1 fully saturated rings. The molecular weight excluding hydrogens is 216 g/mol. The predicted octanol–water partition coefficient (Wildman–Crippen LogP) is 3.28. The van der Waals surface area contributed by atoms with Crippen LogP contribution in [0.3, 0.4) is 0 Å². The SMILES string of the molecule is CC1CN=C(NC2CCCCCC2C)SC1. The van der Waals surface area contributed by atoms with Gasteiger partial charge in [-0.15, -0.1) is 0 Å². The van der Waals surface area contributed by atoms with Crippen molar-refractivity contribution in [2.75, 3.05) is 12.3 Å². The van der Waals surface area contributed by atoms with Gasteiger partial charge in [0.1, 0.15) is 0 Å². The van der Waals surface area contributed by atoms with E-state index in [1.807, 2.05) is 11.8 Å². The fraction of sp³-hybridized carbons (Fsp3) is 0.923. The molecule has 2 aliphatic rings. The zero-order chi connectivity index (χ0) is 11.4. The molecule has 0 bridgehead atoms. The van der Waals surface area contributed by atoms with Gasteiger partial charge in [-0.25, -0.2) is 0 Å². The Balaban J connectivity index is 1.87. The van der Waals surface area contributed by atoms with Crippen molar-refractivity contribution in [3.8, 4) is 0 Å². The van der Waals surface area contributed by atoms with E-state index in [2.05, 4.69) is 24.2 Å². The number of aliphatic imine (C=N–C) groups is 1. The summed E-state index contributed by atoms with van der Waals surface area (Å²) in [4.78, 5) is 4.64. The molecule has 1 N–H and O–H groups in total. The van der Waals surface area contributed by atoms with E-state index in [0.717, 1.165) is 18.4 Å². The number of hydrogen-bond donors (Lipinski definition) is 1. The summed E-state index contributed by atoms with van der Waals surface area (Å²) in [5.74, 6) is 2.79. The molecule has 0 aromatic heterocycles. The molecule has 2 rings (SSSR count). The molecule has 0 amide bonds. The molecule has 92 valence electrons. The number of rotatable bonds is 1. The van der Waals surface area contributed by atoms with Gasteiger partial charge in [-0.1, -0.05) is 44.9 Å². The molecule has 1 aliphatic carbocycles. The smallest absolute Gasteiger partial charge is 0.156 e. The minimum Gasteiger partial charge on any atom is -0.362 e. The molecule has 1 heterocycles. The largest absolute Gasteiger partial charge is 0.362 e. The van der Waals surface area contributed by atoms with Crippen LogP contribution in [-0.2, 0) is 0 Å². The summed E-state index contributed by atoms with van der Waals surface area (Å²) >= 11 is 1.91. The van der Waals surface area contributed by atoms with Gasteiger partial charge in [0.05, 0.1) is 0 Å². The second-order valence-electron chi connectivity index (χ2n) is 5.43. The maximum absolute atomic E-state index is 4.64. The molecule has 0 aromatic rings. The highest BCUT2D eigenvalue weighted by atomic mass is 32.2. The van der Waals surface area contributed by atoms with Gasteiger partial charge in [-0.2, -0.15) is 0 Å². The zero-order valence-electron chi connectivity index (χ0n) is 10.5. The van der Waals surface area contributed by atoms with Gasteiger partial charge in [0.15, 0.2) is 5.17 Å². The molecule has 1 saturated carbocycles. The number of nitrogens with zero attached hydrogens (tertiary/aromatic N) is 1. The molecule has 3 atom stereocenters. The molecule has 0 aromatic carbocycles. The molecular formula is C13H24N2S. The number of hydrogen-bond acceptors (Lipinski definition) is 3. The van der Waals surface area contributed by atoms with Crippen molar-refractivity contribution in [3.63, 3.8) is 0 Å². The lowest BCUT2D eigenvalue weighted by Crippen LogP contribution is -2.39. The summed E-state index contributed by atoms with van der Waals surface area (Å²) in [5.41, 5.74) is 0. The minimum atomic E-state index is 0.669. The Labute approximate surface area is 104 Å². The topological polar surface area (TPSA) is 24.4 Å². The lowest BCUT2D eigenvalue weighted by atomic mass is 9.97. The van der Waals surface area contributed by atoms with Crippen molar-refractivity contribution in [1.29, 1.82) is 0 Å². The first-order valence-corrected chi connectivity index (χ1v) is 7.68. The van der Waals surface area contributed by atoms with Gasteiger partial charge in [0.25, 0.3) is 0 Å². The van der Waals surface area contributed by atoms with E-state index in [4.69, 9.17) is 0 Å². The van der Waals surface area contributed by atoms with E-state index in [1.165, 1.54) is 43.0 Å². The standard InChI is InChI=1S/C13H24N2S/c1-10-8-14-13(16-9-10)15-12-7-5-3-4-6-11(12)2/h10-12H,3-9H2,1-2H3,(H,14,15). The number of nitrogens with one attached hydrogen (secondary N) is 1. The van der Waals surface area contributed by atoms with Gasteiger partial charge >= 0.3 is 0 Å². The molecule has 3 heteroatoms. The summed E-state index contributed by atoms with van der Waals surface area (Å²) in [5, 5.41) is 4.89. The average Bonchev–Trinajstić information content (AvgIpc) is 2.48. The van der Waals surface area contributed by atoms with Crippen LogP contribution in [0.15, 0.2) is 4.99 Å². The second kappa shape index (κ2) is 5.95. The highest BCUT2D eigenvalue weighted by Crippen LogP contribution is 2.24. The lowest BCUT2D eigenvalue weighted by Gasteiger charge is -2.26. The van der Waals surface area contributed by atoms with Crippen LogP contribution in [0, 0.1) is 11.8 Å². The highest BCUT2D eigenvalue weighted by Gasteiger charge is 2.22. The van der Waals surface area contributed by atoms with Gasteiger partial charge in [0, 0.05) is 18.3 Å². The van der Waals surface area contributed by atoms with E-state index in [9.17, 15) is 0 Å². The summed E-state index contributed by atoms with van der Waals surface area (Å²) < 4.78 is 0. The van der Waals surface area contributed by atoms with Crippen molar-refractivity contribution in [2.24, 2.45) is 16.8 Å². The molecule has 0 radical (unpaired) electrons. The van der Waals surface area contributed by atoms with Crippen LogP contribution in [0.5, 0.6) is 0 Å². The zero-order valence-corrected chi connectivity index (χ0v) is 11.4. The second-order valence-corrected chi connectivity index (χ2v) is 6.44. The van der Waals surface area contributed by atoms with Gasteiger partial charge < -0.3 is 5.32 Å². The Morgan fingerprint density at radius 1 is 1.19 bits per heavy atom. The Kier molecular flexibility index (Phi) is 4.56. The maximum atomic E-state index is 4.64. The third kappa shape index (κ3) is 3.41. The molecule has 2 nitrogen and oxygen atoms in total. The van der Waals surface area contributed by atoms with Crippen molar-refractivity contribution >= 4 is 16.9 Å². The lowest BCUT2D eigenvalue weighted by molar-refractivity contribution is 0.401. The Morgan fingerprint density at radius 3 is 2.75 bits per heavy atom. The number of thioether (sulfide) groups is 1. The normalized spacial score (nSPS) is 36.4. The van der Waals surface area contributed by atoms with E-state index in [-0.39, 0.29) is 0 Å². The summed E-state index contributed by atoms with van der Waals surface area (Å²) in [6.07, 6.45) is 6.92. The van der Waals surface area contributed by atoms with Crippen molar-refractivity contribution < 1.29 is 0 Å². The van der Waals surface area contributed by atoms with Crippen molar-refractivity contribution in [3.05, 3.63) is 0 Å². The fourth-order valence-corrected chi connectivity index (χ4v) is 3.46. The quantitative estimate of drug-likeness (QED) is 0.711. The summed E-state index contributed by atoms with van der Waals surface area (Å²) in [6.45, 7) is 5.68. The van der Waals surface area contributed by atoms with Crippen LogP contribution >= 0.6 is 11.8 Å². The first-order chi connectivity index (χ1) is 7.75. The van der Waals surface area contributed by atoms with Crippen LogP contribution in [0.1, 0.15) is 46.0 Å². The van der Waals surface area contributed by atoms with Crippen molar-refractivity contribution in [1.82, 2.24) is 5.32 Å². The Bertz CT molecular complexity index is 252. The summed E-state index contributed by atoms with van der Waals surface area (Å²) in [6, 6.07) is 0.669. The molecule has 0 saturated heterocycles. The van der Waals surface area contributed by atoms with E-state index in [0.29, 0.717) is 6.04 Å². The van der Waals surface area contributed by atoms with Crippen LogP contribution < -0.4 is 5.32 Å². The van der Waals surface area contributed by atoms with E-state index in [1.54, 1.807) is 0 Å². The van der Waals surface area contributed by atoms with Crippen LogP contribution in [0.2, 0.25) is 0 Å². The average molecular weight is 240 g/mol. The van der Waals surface area contributed by atoms with Crippen LogP contribution in [-0.4, -0.2) is 23.5 Å². The first kappa shape index (κ1) is 12.3. The Morgan fingerprint density at radius 2 is 2.00 bits per heavy atom. The fourth-order valence-electron chi connectivity index (χ4n) is 2.51. The third-order valence-corrected chi connectivity index (χ3v) is 4.98. The van der Waals surface area contributed by atoms with Crippen molar-refractivity contribution in [2.45, 2.75) is 52.0 Å². The third-order valence-electron chi connectivity index (χ3n) is 3.72. The molecule has 0 spiro atoms. The molecule has 1 aliphatic heterocycles. The first-order valence-electron chi connectivity index (χ1n) is 6.69. The maximum Gasteiger partial charge on any atom is 0.156 e. The molecule has 16 heavy (non-hydrogen) atoms. The minimum absolute atomic E-state index is 0.669. The Hall–Kier alpha value is -0.180. The van der Waals surface area contributed by atoms with Gasteiger partial charge in [-0.05, 0) is 24.7 Å². The predicted molar refractivity (Wildman–Crippen MR) is 73.1 cm³/mol. The van der Waals surface area contributed by atoms with E-state index < -0.39 is 0 Å². The van der Waals surface area contributed by atoms with Gasteiger partial charge in [0.2, 0.25) is 0 Å². The molecule has 3 unspecified atom stereocenters. The van der Waals surface area contributed by atoms with Gasteiger partial charge in [-0.3, -0.25) is 4.99 Å². The number of amidine groups is 1. The van der Waals surface area contributed by atoms with Crippen LogP contribution in [0.4, 0.5) is 0 Å². The monoisotopic (exact) mass is 240 g/mol.